The van der Waals surface area contributed by atoms with Crippen molar-refractivity contribution in [1.29, 1.82) is 0 Å². The zero-order chi connectivity index (χ0) is 13.4. The van der Waals surface area contributed by atoms with Crippen LogP contribution in [-0.4, -0.2) is 31.1 Å². The molecular formula is C15H21NO2. The Labute approximate surface area is 109 Å². The summed E-state index contributed by atoms with van der Waals surface area (Å²) in [6.07, 6.45) is 2.26. The molecule has 0 saturated heterocycles. The lowest BCUT2D eigenvalue weighted by molar-refractivity contribution is -0.141. The van der Waals surface area contributed by atoms with Gasteiger partial charge in [-0.3, -0.25) is 9.69 Å². The zero-order valence-corrected chi connectivity index (χ0v) is 11.1. The Morgan fingerprint density at radius 2 is 2.11 bits per heavy atom. The lowest BCUT2D eigenvalue weighted by Crippen LogP contribution is -2.29. The number of carbonyl (C=O) groups excluding carboxylic acids is 1. The van der Waals surface area contributed by atoms with Crippen LogP contribution in [-0.2, 0) is 9.53 Å². The molecule has 98 valence electrons. The fourth-order valence-corrected chi connectivity index (χ4v) is 1.89. The minimum atomic E-state index is -0.177. The molecule has 0 spiro atoms. The van der Waals surface area contributed by atoms with Crippen LogP contribution in [0.2, 0.25) is 0 Å². The van der Waals surface area contributed by atoms with Gasteiger partial charge in [-0.25, -0.2) is 0 Å². The van der Waals surface area contributed by atoms with Crippen molar-refractivity contribution in [2.75, 3.05) is 20.2 Å². The van der Waals surface area contributed by atoms with Crippen LogP contribution in [0.1, 0.15) is 24.9 Å². The van der Waals surface area contributed by atoms with E-state index in [2.05, 4.69) is 35.3 Å². The molecule has 18 heavy (non-hydrogen) atoms. The van der Waals surface area contributed by atoms with E-state index in [1.807, 2.05) is 24.3 Å². The summed E-state index contributed by atoms with van der Waals surface area (Å²) in [6, 6.07) is 10.5. The highest BCUT2D eigenvalue weighted by molar-refractivity contribution is 5.69. The maximum atomic E-state index is 11.2. The van der Waals surface area contributed by atoms with E-state index in [0.29, 0.717) is 13.0 Å². The Balaban J connectivity index is 2.66. The maximum Gasteiger partial charge on any atom is 0.306 e. The monoisotopic (exact) mass is 247 g/mol. The highest BCUT2D eigenvalue weighted by Gasteiger charge is 2.15. The summed E-state index contributed by atoms with van der Waals surface area (Å²) in [7, 11) is 1.42. The van der Waals surface area contributed by atoms with Crippen LogP contribution in [0, 0.1) is 0 Å². The van der Waals surface area contributed by atoms with E-state index in [1.165, 1.54) is 12.7 Å². The quantitative estimate of drug-likeness (QED) is 0.548. The van der Waals surface area contributed by atoms with Crippen LogP contribution in [0.3, 0.4) is 0 Å². The molecule has 0 aliphatic heterocycles. The van der Waals surface area contributed by atoms with E-state index >= 15 is 0 Å². The summed E-state index contributed by atoms with van der Waals surface area (Å²) in [4.78, 5) is 13.4. The van der Waals surface area contributed by atoms with Gasteiger partial charge in [-0.15, -0.1) is 6.58 Å². The van der Waals surface area contributed by atoms with Crippen molar-refractivity contribution >= 4 is 5.97 Å². The van der Waals surface area contributed by atoms with Crippen LogP contribution in [0.4, 0.5) is 0 Å². The number of esters is 1. The van der Waals surface area contributed by atoms with Crippen molar-refractivity contribution in [3.8, 4) is 0 Å². The standard InChI is InChI=1S/C15H21NO2/c1-4-11-16(12-10-15(17)18-3)13(2)14-8-6-5-7-9-14/h4-9,13H,1,10-12H2,2-3H3/t13-/m1/s1. The van der Waals surface area contributed by atoms with Crippen molar-refractivity contribution < 1.29 is 9.53 Å². The molecule has 0 radical (unpaired) electrons. The van der Waals surface area contributed by atoms with Crippen molar-refractivity contribution in [1.82, 2.24) is 4.90 Å². The van der Waals surface area contributed by atoms with Gasteiger partial charge >= 0.3 is 5.97 Å². The average molecular weight is 247 g/mol. The molecule has 1 rings (SSSR count). The third-order valence-corrected chi connectivity index (χ3v) is 3.02. The summed E-state index contributed by atoms with van der Waals surface area (Å²) in [5.74, 6) is -0.177. The number of hydrogen-bond acceptors (Lipinski definition) is 3. The summed E-state index contributed by atoms with van der Waals surface area (Å²) in [5.41, 5.74) is 1.24. The fourth-order valence-electron chi connectivity index (χ4n) is 1.89. The second-order valence-corrected chi connectivity index (χ2v) is 4.20. The van der Waals surface area contributed by atoms with Gasteiger partial charge in [-0.05, 0) is 12.5 Å². The smallest absolute Gasteiger partial charge is 0.306 e. The second kappa shape index (κ2) is 7.67. The van der Waals surface area contributed by atoms with Crippen LogP contribution < -0.4 is 0 Å². The van der Waals surface area contributed by atoms with E-state index in [0.717, 1.165) is 6.54 Å². The van der Waals surface area contributed by atoms with Crippen LogP contribution in [0.15, 0.2) is 43.0 Å². The molecule has 1 aromatic rings. The largest absolute Gasteiger partial charge is 0.469 e. The van der Waals surface area contributed by atoms with Crippen LogP contribution in [0.25, 0.3) is 0 Å². The van der Waals surface area contributed by atoms with E-state index in [9.17, 15) is 4.79 Å². The first-order valence-corrected chi connectivity index (χ1v) is 6.15. The van der Waals surface area contributed by atoms with Gasteiger partial charge in [0.25, 0.3) is 0 Å². The molecule has 1 aromatic carbocycles. The van der Waals surface area contributed by atoms with Crippen molar-refractivity contribution in [2.24, 2.45) is 0 Å². The number of rotatable bonds is 7. The Bertz CT molecular complexity index is 375. The first kappa shape index (κ1) is 14.5. The molecule has 0 amide bonds. The molecule has 0 aromatic heterocycles. The van der Waals surface area contributed by atoms with Crippen LogP contribution >= 0.6 is 0 Å². The lowest BCUT2D eigenvalue weighted by atomic mass is 10.1. The van der Waals surface area contributed by atoms with E-state index < -0.39 is 0 Å². The predicted molar refractivity (Wildman–Crippen MR) is 73.3 cm³/mol. The number of nitrogens with zero attached hydrogens (tertiary/aromatic N) is 1. The van der Waals surface area contributed by atoms with E-state index in [1.54, 1.807) is 0 Å². The van der Waals surface area contributed by atoms with E-state index in [4.69, 9.17) is 0 Å². The molecular weight excluding hydrogens is 226 g/mol. The minimum absolute atomic E-state index is 0.177. The van der Waals surface area contributed by atoms with Gasteiger partial charge in [0.2, 0.25) is 0 Å². The summed E-state index contributed by atoms with van der Waals surface area (Å²) >= 11 is 0. The highest BCUT2D eigenvalue weighted by atomic mass is 16.5. The maximum absolute atomic E-state index is 11.2. The van der Waals surface area contributed by atoms with Gasteiger partial charge in [0.15, 0.2) is 0 Å². The third-order valence-electron chi connectivity index (χ3n) is 3.02. The predicted octanol–water partition coefficient (Wildman–Crippen LogP) is 2.80. The van der Waals surface area contributed by atoms with Crippen molar-refractivity contribution in [2.45, 2.75) is 19.4 Å². The van der Waals surface area contributed by atoms with E-state index in [-0.39, 0.29) is 12.0 Å². The lowest BCUT2D eigenvalue weighted by Gasteiger charge is -2.27. The highest BCUT2D eigenvalue weighted by Crippen LogP contribution is 2.19. The molecule has 0 fully saturated rings. The SMILES string of the molecule is C=CCN(CCC(=O)OC)[C@H](C)c1ccccc1. The molecule has 0 aliphatic carbocycles. The Morgan fingerprint density at radius 3 is 2.67 bits per heavy atom. The number of benzene rings is 1. The third kappa shape index (κ3) is 4.34. The number of methoxy groups -OCH3 is 1. The molecule has 0 unspecified atom stereocenters. The van der Waals surface area contributed by atoms with Gasteiger partial charge in [-0.1, -0.05) is 36.4 Å². The van der Waals surface area contributed by atoms with Gasteiger partial charge in [0.05, 0.1) is 13.5 Å². The summed E-state index contributed by atoms with van der Waals surface area (Å²) < 4.78 is 4.67. The van der Waals surface area contributed by atoms with Crippen molar-refractivity contribution in [3.05, 3.63) is 48.6 Å². The molecule has 0 saturated carbocycles. The Kier molecular flexibility index (Phi) is 6.15. The van der Waals surface area contributed by atoms with Gasteiger partial charge in [-0.2, -0.15) is 0 Å². The molecule has 0 bridgehead atoms. The Morgan fingerprint density at radius 1 is 1.44 bits per heavy atom. The minimum Gasteiger partial charge on any atom is -0.469 e. The second-order valence-electron chi connectivity index (χ2n) is 4.20. The summed E-state index contributed by atoms with van der Waals surface area (Å²) in [6.45, 7) is 7.33. The van der Waals surface area contributed by atoms with Gasteiger partial charge < -0.3 is 4.74 Å². The van der Waals surface area contributed by atoms with Crippen molar-refractivity contribution in [3.63, 3.8) is 0 Å². The molecule has 0 heterocycles. The average Bonchev–Trinajstić information content (AvgIpc) is 2.43. The fraction of sp³-hybridized carbons (Fsp3) is 0.400. The zero-order valence-electron chi connectivity index (χ0n) is 11.1. The first-order chi connectivity index (χ1) is 8.69. The van der Waals surface area contributed by atoms with Crippen LogP contribution in [0.5, 0.6) is 0 Å². The number of hydrogen-bond donors (Lipinski definition) is 0. The Hall–Kier alpha value is -1.61. The molecule has 3 nitrogen and oxygen atoms in total. The molecule has 1 atom stereocenters. The molecule has 0 N–H and O–H groups in total. The van der Waals surface area contributed by atoms with Gasteiger partial charge in [0, 0.05) is 19.1 Å². The first-order valence-electron chi connectivity index (χ1n) is 6.15. The van der Waals surface area contributed by atoms with Gasteiger partial charge in [0.1, 0.15) is 0 Å². The molecule has 0 aliphatic rings. The summed E-state index contributed by atoms with van der Waals surface area (Å²) in [5, 5.41) is 0. The normalized spacial score (nSPS) is 12.2. The molecule has 3 heteroatoms. The number of carbonyl (C=O) groups is 1. The number of ether oxygens (including phenoxy) is 1. The topological polar surface area (TPSA) is 29.5 Å².